The molecule has 0 aromatic carbocycles. The topological polar surface area (TPSA) is 69.6 Å². The summed E-state index contributed by atoms with van der Waals surface area (Å²) in [5, 5.41) is 11.4. The lowest BCUT2D eigenvalue weighted by Crippen LogP contribution is -2.38. The standard InChI is InChI=1S/C13H24N2O3/c1-5-10-15(4)12(18)14-9-8-13(2,3)7-6-11(16)17/h5H,1,6-10H2,2-4H3,(H,14,18)(H,16,17). The SMILES string of the molecule is C=CCN(C)C(=O)NCCC(C)(C)CCC(=O)O. The molecule has 104 valence electrons. The van der Waals surface area contributed by atoms with Crippen molar-refractivity contribution in [3.05, 3.63) is 12.7 Å². The Morgan fingerprint density at radius 3 is 2.50 bits per heavy atom. The van der Waals surface area contributed by atoms with Gasteiger partial charge in [-0.25, -0.2) is 4.79 Å². The van der Waals surface area contributed by atoms with E-state index in [1.807, 2.05) is 13.8 Å². The molecule has 0 aromatic rings. The quantitative estimate of drug-likeness (QED) is 0.653. The van der Waals surface area contributed by atoms with E-state index in [2.05, 4.69) is 11.9 Å². The van der Waals surface area contributed by atoms with Crippen LogP contribution in [0.1, 0.15) is 33.1 Å². The first-order chi connectivity index (χ1) is 8.28. The summed E-state index contributed by atoms with van der Waals surface area (Å²) in [7, 11) is 1.70. The summed E-state index contributed by atoms with van der Waals surface area (Å²) in [4.78, 5) is 23.6. The Morgan fingerprint density at radius 2 is 2.00 bits per heavy atom. The third-order valence-electron chi connectivity index (χ3n) is 2.84. The van der Waals surface area contributed by atoms with E-state index in [4.69, 9.17) is 5.11 Å². The monoisotopic (exact) mass is 256 g/mol. The lowest BCUT2D eigenvalue weighted by atomic mass is 9.84. The van der Waals surface area contributed by atoms with Crippen molar-refractivity contribution in [3.8, 4) is 0 Å². The first-order valence-corrected chi connectivity index (χ1v) is 6.10. The van der Waals surface area contributed by atoms with Gasteiger partial charge >= 0.3 is 12.0 Å². The molecule has 0 fully saturated rings. The van der Waals surface area contributed by atoms with Gasteiger partial charge in [0.15, 0.2) is 0 Å². The highest BCUT2D eigenvalue weighted by Crippen LogP contribution is 2.25. The van der Waals surface area contributed by atoms with Crippen molar-refractivity contribution in [2.75, 3.05) is 20.1 Å². The number of nitrogens with one attached hydrogen (secondary N) is 1. The second kappa shape index (κ2) is 7.74. The summed E-state index contributed by atoms with van der Waals surface area (Å²) >= 11 is 0. The van der Waals surface area contributed by atoms with Crippen molar-refractivity contribution in [1.82, 2.24) is 10.2 Å². The normalized spacial score (nSPS) is 10.8. The molecule has 0 aliphatic rings. The average Bonchev–Trinajstić information content (AvgIpc) is 2.26. The molecule has 0 rings (SSSR count). The zero-order chi connectivity index (χ0) is 14.2. The van der Waals surface area contributed by atoms with Gasteiger partial charge < -0.3 is 15.3 Å². The number of amides is 2. The number of hydrogen-bond acceptors (Lipinski definition) is 2. The molecule has 2 amide bonds. The Morgan fingerprint density at radius 1 is 1.39 bits per heavy atom. The van der Waals surface area contributed by atoms with E-state index in [1.54, 1.807) is 13.1 Å². The molecule has 0 saturated heterocycles. The molecular weight excluding hydrogens is 232 g/mol. The van der Waals surface area contributed by atoms with E-state index in [1.165, 1.54) is 4.90 Å². The Bertz CT molecular complexity index is 301. The zero-order valence-corrected chi connectivity index (χ0v) is 11.5. The van der Waals surface area contributed by atoms with Crippen LogP contribution in [0.5, 0.6) is 0 Å². The maximum absolute atomic E-state index is 11.6. The summed E-state index contributed by atoms with van der Waals surface area (Å²) < 4.78 is 0. The van der Waals surface area contributed by atoms with Gasteiger partial charge in [0, 0.05) is 26.6 Å². The van der Waals surface area contributed by atoms with Crippen LogP contribution in [0.4, 0.5) is 4.79 Å². The van der Waals surface area contributed by atoms with Gasteiger partial charge in [-0.1, -0.05) is 19.9 Å². The highest BCUT2D eigenvalue weighted by molar-refractivity contribution is 5.73. The van der Waals surface area contributed by atoms with Crippen LogP contribution in [0.3, 0.4) is 0 Å². The van der Waals surface area contributed by atoms with Gasteiger partial charge in [-0.2, -0.15) is 0 Å². The van der Waals surface area contributed by atoms with Gasteiger partial charge in [0.1, 0.15) is 0 Å². The number of nitrogens with zero attached hydrogens (tertiary/aromatic N) is 1. The summed E-state index contributed by atoms with van der Waals surface area (Å²) in [6.45, 7) is 8.64. The molecule has 0 aliphatic heterocycles. The average molecular weight is 256 g/mol. The molecule has 0 atom stereocenters. The maximum Gasteiger partial charge on any atom is 0.317 e. The molecule has 5 nitrogen and oxygen atoms in total. The van der Waals surface area contributed by atoms with Crippen LogP contribution in [0.25, 0.3) is 0 Å². The third kappa shape index (κ3) is 7.70. The highest BCUT2D eigenvalue weighted by Gasteiger charge is 2.19. The van der Waals surface area contributed by atoms with Crippen molar-refractivity contribution in [2.45, 2.75) is 33.1 Å². The predicted molar refractivity (Wildman–Crippen MR) is 71.5 cm³/mol. The number of carbonyl (C=O) groups is 2. The fourth-order valence-corrected chi connectivity index (χ4v) is 1.49. The number of rotatable bonds is 8. The Kier molecular flexibility index (Phi) is 7.08. The lowest BCUT2D eigenvalue weighted by molar-refractivity contribution is -0.137. The maximum atomic E-state index is 11.6. The third-order valence-corrected chi connectivity index (χ3v) is 2.84. The summed E-state index contributed by atoms with van der Waals surface area (Å²) in [5.74, 6) is -0.780. The number of likely N-dealkylation sites (N-methyl/N-ethyl adjacent to an activating group) is 1. The van der Waals surface area contributed by atoms with Crippen LogP contribution in [0, 0.1) is 5.41 Å². The molecule has 0 unspecified atom stereocenters. The number of aliphatic carboxylic acids is 1. The number of carboxylic acid groups (broad SMARTS) is 1. The van der Waals surface area contributed by atoms with Crippen LogP contribution in [0.2, 0.25) is 0 Å². The summed E-state index contributed by atoms with van der Waals surface area (Å²) in [6, 6.07) is -0.135. The minimum Gasteiger partial charge on any atom is -0.481 e. The Balaban J connectivity index is 3.91. The van der Waals surface area contributed by atoms with Crippen molar-refractivity contribution >= 4 is 12.0 Å². The molecule has 0 heterocycles. The molecular formula is C13H24N2O3. The molecule has 18 heavy (non-hydrogen) atoms. The van der Waals surface area contributed by atoms with Gasteiger partial charge in [-0.3, -0.25) is 4.79 Å². The van der Waals surface area contributed by atoms with Crippen molar-refractivity contribution in [3.63, 3.8) is 0 Å². The van der Waals surface area contributed by atoms with E-state index < -0.39 is 5.97 Å². The number of carbonyl (C=O) groups excluding carboxylic acids is 1. The van der Waals surface area contributed by atoms with Gasteiger partial charge in [-0.15, -0.1) is 6.58 Å². The number of urea groups is 1. The van der Waals surface area contributed by atoms with E-state index in [9.17, 15) is 9.59 Å². The van der Waals surface area contributed by atoms with Crippen LogP contribution < -0.4 is 5.32 Å². The van der Waals surface area contributed by atoms with Gasteiger partial charge in [0.2, 0.25) is 0 Å². The summed E-state index contributed by atoms with van der Waals surface area (Å²) in [6.07, 6.45) is 3.20. The van der Waals surface area contributed by atoms with Crippen LogP contribution >= 0.6 is 0 Å². The molecule has 0 aliphatic carbocycles. The fraction of sp³-hybridized carbons (Fsp3) is 0.692. The van der Waals surface area contributed by atoms with Crippen molar-refractivity contribution < 1.29 is 14.7 Å². The van der Waals surface area contributed by atoms with Gasteiger partial charge in [0.25, 0.3) is 0 Å². The van der Waals surface area contributed by atoms with Crippen LogP contribution in [0.15, 0.2) is 12.7 Å². The second-order valence-corrected chi connectivity index (χ2v) is 5.21. The molecule has 2 N–H and O–H groups in total. The molecule has 5 heteroatoms. The van der Waals surface area contributed by atoms with Gasteiger partial charge in [-0.05, 0) is 18.3 Å². The number of hydrogen-bond donors (Lipinski definition) is 2. The van der Waals surface area contributed by atoms with Crippen LogP contribution in [-0.4, -0.2) is 42.1 Å². The largest absolute Gasteiger partial charge is 0.481 e. The lowest BCUT2D eigenvalue weighted by Gasteiger charge is -2.24. The first-order valence-electron chi connectivity index (χ1n) is 6.10. The van der Waals surface area contributed by atoms with Crippen molar-refractivity contribution in [1.29, 1.82) is 0 Å². The highest BCUT2D eigenvalue weighted by atomic mass is 16.4. The molecule has 0 saturated carbocycles. The molecule has 0 bridgehead atoms. The predicted octanol–water partition coefficient (Wildman–Crippen LogP) is 2.09. The molecule has 0 spiro atoms. The zero-order valence-electron chi connectivity index (χ0n) is 11.5. The van der Waals surface area contributed by atoms with Crippen molar-refractivity contribution in [2.24, 2.45) is 5.41 Å². The Hall–Kier alpha value is -1.52. The minimum absolute atomic E-state index is 0.0807. The smallest absolute Gasteiger partial charge is 0.317 e. The molecule has 0 aromatic heterocycles. The van der Waals surface area contributed by atoms with E-state index in [0.29, 0.717) is 19.5 Å². The van der Waals surface area contributed by atoms with E-state index in [0.717, 1.165) is 6.42 Å². The van der Waals surface area contributed by atoms with E-state index in [-0.39, 0.29) is 17.9 Å². The van der Waals surface area contributed by atoms with Gasteiger partial charge in [0.05, 0.1) is 0 Å². The Labute approximate surface area is 109 Å². The van der Waals surface area contributed by atoms with E-state index >= 15 is 0 Å². The first kappa shape index (κ1) is 16.5. The van der Waals surface area contributed by atoms with Crippen LogP contribution in [-0.2, 0) is 4.79 Å². The second-order valence-electron chi connectivity index (χ2n) is 5.21. The fourth-order valence-electron chi connectivity index (χ4n) is 1.49. The number of carboxylic acids is 1. The molecule has 0 radical (unpaired) electrons. The summed E-state index contributed by atoms with van der Waals surface area (Å²) in [5.41, 5.74) is -0.0807. The minimum atomic E-state index is -0.780.